The summed E-state index contributed by atoms with van der Waals surface area (Å²) in [5.41, 5.74) is -0.122. The van der Waals surface area contributed by atoms with Gasteiger partial charge in [-0.2, -0.15) is 0 Å². The lowest BCUT2D eigenvalue weighted by Gasteiger charge is -2.32. The van der Waals surface area contributed by atoms with Crippen LogP contribution in [0.25, 0.3) is 0 Å². The van der Waals surface area contributed by atoms with Crippen LogP contribution in [-0.2, 0) is 11.2 Å². The minimum atomic E-state index is -0.494. The number of rotatable bonds is 7. The Balaban J connectivity index is 1.27. The normalized spacial score (nSPS) is 16.2. The second-order valence-corrected chi connectivity index (χ2v) is 11.5. The number of likely N-dealkylation sites (tertiary alicyclic amines) is 1. The van der Waals surface area contributed by atoms with Crippen molar-refractivity contribution in [3.63, 3.8) is 0 Å². The number of nitrogens with zero attached hydrogens (tertiary/aromatic N) is 4. The van der Waals surface area contributed by atoms with Crippen LogP contribution in [0.2, 0.25) is 0 Å². The Morgan fingerprint density at radius 3 is 2.77 bits per heavy atom. The number of nitrogens with one attached hydrogen (secondary N) is 1. The zero-order chi connectivity index (χ0) is 25.0. The van der Waals surface area contributed by atoms with Gasteiger partial charge in [0, 0.05) is 36.7 Å². The Morgan fingerprint density at radius 2 is 2.09 bits per heavy atom. The van der Waals surface area contributed by atoms with Crippen LogP contribution in [0.1, 0.15) is 45.3 Å². The first-order valence-electron chi connectivity index (χ1n) is 11.2. The minimum absolute atomic E-state index is 0.0527. The summed E-state index contributed by atoms with van der Waals surface area (Å²) in [7, 11) is 0. The number of piperidine rings is 1. The molecule has 3 heterocycles. The number of hydrogen-bond donors (Lipinski definition) is 1. The average molecular weight is 518 g/mol. The van der Waals surface area contributed by atoms with Gasteiger partial charge in [-0.05, 0) is 25.0 Å². The molecule has 1 atom stereocenters. The van der Waals surface area contributed by atoms with E-state index >= 15 is 0 Å². The first kappa shape index (κ1) is 25.0. The van der Waals surface area contributed by atoms with E-state index in [1.165, 1.54) is 24.3 Å². The van der Waals surface area contributed by atoms with Gasteiger partial charge >= 0.3 is 6.09 Å². The van der Waals surface area contributed by atoms with E-state index in [1.54, 1.807) is 34.2 Å². The highest BCUT2D eigenvalue weighted by Gasteiger charge is 2.26. The number of aromatic nitrogens is 2. The van der Waals surface area contributed by atoms with Gasteiger partial charge in [0.25, 0.3) is 5.69 Å². The maximum atomic E-state index is 12.6. The molecule has 186 valence electrons. The third-order valence-corrected chi connectivity index (χ3v) is 7.48. The van der Waals surface area contributed by atoms with Crippen LogP contribution < -0.4 is 10.1 Å². The van der Waals surface area contributed by atoms with E-state index in [0.717, 1.165) is 27.9 Å². The number of carbonyl (C=O) groups is 1. The zero-order valence-electron chi connectivity index (χ0n) is 19.7. The summed E-state index contributed by atoms with van der Waals surface area (Å²) in [6.45, 7) is 7.35. The van der Waals surface area contributed by atoms with Crippen molar-refractivity contribution in [3.8, 4) is 5.75 Å². The molecule has 1 fully saturated rings. The van der Waals surface area contributed by atoms with Crippen LogP contribution in [0, 0.1) is 10.1 Å². The Kier molecular flexibility index (Phi) is 7.60. The average Bonchev–Trinajstić information content (AvgIpc) is 3.48. The third-order valence-electron chi connectivity index (χ3n) is 5.38. The summed E-state index contributed by atoms with van der Waals surface area (Å²) in [5, 5.41) is 15.0. The van der Waals surface area contributed by atoms with Crippen molar-refractivity contribution < 1.29 is 18.9 Å². The van der Waals surface area contributed by atoms with Gasteiger partial charge in [-0.25, -0.2) is 14.8 Å². The van der Waals surface area contributed by atoms with Gasteiger partial charge in [-0.1, -0.05) is 32.1 Å². The summed E-state index contributed by atoms with van der Waals surface area (Å²) >= 11 is 3.18. The molecule has 10 nitrogen and oxygen atoms in total. The first-order valence-corrected chi connectivity index (χ1v) is 13.0. The lowest BCUT2D eigenvalue weighted by Crippen LogP contribution is -2.46. The maximum absolute atomic E-state index is 12.6. The first-order chi connectivity index (χ1) is 16.7. The number of anilines is 1. The number of hydrogen-bond acceptors (Lipinski definition) is 10. The Morgan fingerprint density at radius 1 is 1.31 bits per heavy atom. The van der Waals surface area contributed by atoms with Crippen LogP contribution in [0.3, 0.4) is 0 Å². The predicted molar refractivity (Wildman–Crippen MR) is 134 cm³/mol. The van der Waals surface area contributed by atoms with Crippen molar-refractivity contribution in [3.05, 3.63) is 58.4 Å². The highest BCUT2D eigenvalue weighted by molar-refractivity contribution is 8.00. The molecule has 35 heavy (non-hydrogen) atoms. The molecule has 0 unspecified atom stereocenters. The Hall–Kier alpha value is -3.12. The van der Waals surface area contributed by atoms with E-state index in [4.69, 9.17) is 9.15 Å². The predicted octanol–water partition coefficient (Wildman–Crippen LogP) is 5.70. The summed E-state index contributed by atoms with van der Waals surface area (Å²) in [5.74, 6) is 2.47. The van der Waals surface area contributed by atoms with Gasteiger partial charge in [-0.3, -0.25) is 10.1 Å². The molecule has 0 radical (unpaired) electrons. The number of non-ortho nitro benzene ring substituents is 1. The second-order valence-electron chi connectivity index (χ2n) is 9.19. The molecule has 12 heteroatoms. The number of oxazole rings is 1. The van der Waals surface area contributed by atoms with Gasteiger partial charge in [0.05, 0.1) is 27.3 Å². The van der Waals surface area contributed by atoms with Gasteiger partial charge in [-0.15, -0.1) is 11.8 Å². The van der Waals surface area contributed by atoms with Crippen molar-refractivity contribution in [1.82, 2.24) is 14.9 Å². The monoisotopic (exact) mass is 517 g/mol. The van der Waals surface area contributed by atoms with E-state index < -0.39 is 11.0 Å². The van der Waals surface area contributed by atoms with Crippen LogP contribution in [0.15, 0.2) is 45.3 Å². The maximum Gasteiger partial charge on any atom is 0.415 e. The van der Waals surface area contributed by atoms with Gasteiger partial charge < -0.3 is 19.4 Å². The van der Waals surface area contributed by atoms with E-state index in [0.29, 0.717) is 24.7 Å². The largest absolute Gasteiger partial charge is 0.444 e. The van der Waals surface area contributed by atoms with Crippen molar-refractivity contribution in [2.45, 2.75) is 55.0 Å². The highest BCUT2D eigenvalue weighted by atomic mass is 32.2. The van der Waals surface area contributed by atoms with Crippen LogP contribution in [0.5, 0.6) is 5.75 Å². The second kappa shape index (κ2) is 10.6. The lowest BCUT2D eigenvalue weighted by molar-refractivity contribution is -0.384. The summed E-state index contributed by atoms with van der Waals surface area (Å²) in [6.07, 6.45) is 4.89. The number of thioether (sulfide) groups is 1. The number of amides is 1. The topological polar surface area (TPSA) is 124 Å². The standard InChI is InChI=1S/C23H27N5O5S2/c1-23(2,3)18-11-24-19(33-18)14-34-20-12-25-21(35-20)26-15-5-4-10-27(13-15)22(29)32-17-8-6-16(7-9-17)28(30)31/h6-9,11-12,15H,4-5,10,13-14H2,1-3H3,(H,25,26)/t15-/m1/s1. The number of thiazole rings is 1. The molecule has 3 aromatic rings. The minimum Gasteiger partial charge on any atom is -0.444 e. The molecule has 1 aliphatic heterocycles. The highest BCUT2D eigenvalue weighted by Crippen LogP contribution is 2.32. The van der Waals surface area contributed by atoms with Crippen LogP contribution >= 0.6 is 23.1 Å². The molecule has 1 N–H and O–H groups in total. The molecule has 2 aromatic heterocycles. The van der Waals surface area contributed by atoms with Crippen molar-refractivity contribution in [1.29, 1.82) is 0 Å². The smallest absolute Gasteiger partial charge is 0.415 e. The molecular weight excluding hydrogens is 490 g/mol. The van der Waals surface area contributed by atoms with Crippen molar-refractivity contribution in [2.75, 3.05) is 18.4 Å². The van der Waals surface area contributed by atoms with Crippen molar-refractivity contribution >= 4 is 40.0 Å². The molecule has 4 rings (SSSR count). The molecule has 1 amide bonds. The summed E-state index contributed by atoms with van der Waals surface area (Å²) < 4.78 is 12.3. The van der Waals surface area contributed by atoms with E-state index in [2.05, 4.69) is 36.1 Å². The molecule has 1 aliphatic rings. The Labute approximate surface area is 211 Å². The molecule has 1 saturated heterocycles. The fraction of sp³-hybridized carbons (Fsp3) is 0.435. The number of nitro groups is 1. The SMILES string of the molecule is CC(C)(C)c1cnc(CSc2cnc(N[C@@H]3CCCN(C(=O)Oc4ccc([N+](=O)[O-])cc4)C3)s2)o1. The molecule has 0 saturated carbocycles. The number of carbonyl (C=O) groups excluding carboxylic acids is 1. The number of ether oxygens (including phenoxy) is 1. The molecule has 0 aliphatic carbocycles. The van der Waals surface area contributed by atoms with Gasteiger partial charge in [0.15, 0.2) is 5.13 Å². The van der Waals surface area contributed by atoms with E-state index in [-0.39, 0.29) is 22.9 Å². The number of nitro benzene ring substituents is 1. The van der Waals surface area contributed by atoms with E-state index in [9.17, 15) is 14.9 Å². The number of benzene rings is 1. The fourth-order valence-corrected chi connectivity index (χ4v) is 5.29. The van der Waals surface area contributed by atoms with Gasteiger partial charge in [0.2, 0.25) is 5.89 Å². The van der Waals surface area contributed by atoms with E-state index in [1.807, 2.05) is 6.20 Å². The molecule has 1 aromatic carbocycles. The zero-order valence-corrected chi connectivity index (χ0v) is 21.4. The quantitative estimate of drug-likeness (QED) is 0.238. The van der Waals surface area contributed by atoms with Gasteiger partial charge in [0.1, 0.15) is 11.5 Å². The Bertz CT molecular complexity index is 1170. The van der Waals surface area contributed by atoms with Crippen LogP contribution in [-0.4, -0.2) is 45.0 Å². The summed E-state index contributed by atoms with van der Waals surface area (Å²) in [6, 6.07) is 5.52. The molecular formula is C23H27N5O5S2. The fourth-order valence-electron chi connectivity index (χ4n) is 3.49. The molecule has 0 bridgehead atoms. The van der Waals surface area contributed by atoms with Crippen LogP contribution in [0.4, 0.5) is 15.6 Å². The lowest BCUT2D eigenvalue weighted by atomic mass is 9.94. The summed E-state index contributed by atoms with van der Waals surface area (Å²) in [4.78, 5) is 33.3. The van der Waals surface area contributed by atoms with Crippen molar-refractivity contribution in [2.24, 2.45) is 0 Å². The third kappa shape index (κ3) is 6.73. The molecule has 0 spiro atoms.